The number of phenolic OH excluding ortho intramolecular Hbond substituents is 1. The van der Waals surface area contributed by atoms with Crippen molar-refractivity contribution in [2.45, 2.75) is 82.8 Å². The molecule has 15 heteroatoms. The summed E-state index contributed by atoms with van der Waals surface area (Å²) in [5, 5.41) is 40.5. The third-order valence-electron chi connectivity index (χ3n) is 8.54. The Labute approximate surface area is 295 Å². The zero-order valence-electron chi connectivity index (χ0n) is 28.6. The van der Waals surface area contributed by atoms with Crippen molar-refractivity contribution in [3.05, 3.63) is 65.9 Å². The molecule has 1 aromatic heterocycles. The van der Waals surface area contributed by atoms with Gasteiger partial charge < -0.3 is 47.3 Å². The summed E-state index contributed by atoms with van der Waals surface area (Å²) in [6.45, 7) is 4.79. The fourth-order valence-corrected chi connectivity index (χ4v) is 5.82. The summed E-state index contributed by atoms with van der Waals surface area (Å²) in [5.74, 6) is -4.08. The van der Waals surface area contributed by atoms with Crippen LogP contribution in [0.25, 0.3) is 10.9 Å². The van der Waals surface area contributed by atoms with Gasteiger partial charge in [0, 0.05) is 23.5 Å². The van der Waals surface area contributed by atoms with E-state index in [2.05, 4.69) is 26.3 Å². The number of phenols is 1. The van der Waals surface area contributed by atoms with Crippen LogP contribution in [0, 0.1) is 5.92 Å². The van der Waals surface area contributed by atoms with E-state index >= 15 is 0 Å². The maximum atomic E-state index is 13.8. The first kappa shape index (κ1) is 39.8. The van der Waals surface area contributed by atoms with Gasteiger partial charge in [-0.25, -0.2) is 4.79 Å². The van der Waals surface area contributed by atoms with Gasteiger partial charge >= 0.3 is 5.97 Å². The fourth-order valence-electron chi connectivity index (χ4n) is 5.35. The number of fused-ring (bicyclic) bond motifs is 1. The van der Waals surface area contributed by atoms with E-state index < -0.39 is 71.8 Å². The molecule has 0 unspecified atom stereocenters. The number of para-hydroxylation sites is 1. The summed E-state index contributed by atoms with van der Waals surface area (Å²) in [7, 11) is 0. The molecule has 3 aromatic rings. The van der Waals surface area contributed by atoms with Crippen molar-refractivity contribution in [3.63, 3.8) is 0 Å². The Hall–Kier alpha value is -4.60. The molecule has 7 atom stereocenters. The molecule has 3 rings (SSSR count). The number of hydrogen-bond acceptors (Lipinski definition) is 9. The van der Waals surface area contributed by atoms with Crippen molar-refractivity contribution in [1.82, 2.24) is 26.3 Å². The summed E-state index contributed by atoms with van der Waals surface area (Å²) in [6.07, 6.45) is 3.09. The lowest BCUT2D eigenvalue weighted by Crippen LogP contribution is -2.60. The third kappa shape index (κ3) is 11.2. The molecule has 0 aliphatic rings. The minimum absolute atomic E-state index is 0.0135. The highest BCUT2D eigenvalue weighted by Crippen LogP contribution is 2.19. The van der Waals surface area contributed by atoms with Crippen molar-refractivity contribution < 1.29 is 39.3 Å². The van der Waals surface area contributed by atoms with Crippen LogP contribution >= 0.6 is 11.8 Å². The Balaban J connectivity index is 1.79. The largest absolute Gasteiger partial charge is 0.508 e. The number of aromatic amines is 1. The lowest BCUT2D eigenvalue weighted by molar-refractivity contribution is -0.145. The van der Waals surface area contributed by atoms with Crippen LogP contribution in [0.15, 0.2) is 54.7 Å². The number of nitrogens with two attached hydrogens (primary N) is 1. The maximum Gasteiger partial charge on any atom is 0.328 e. The van der Waals surface area contributed by atoms with Crippen LogP contribution in [-0.4, -0.2) is 98.2 Å². The van der Waals surface area contributed by atoms with Crippen LogP contribution in [0.2, 0.25) is 0 Å². The first-order valence-corrected chi connectivity index (χ1v) is 17.8. The highest BCUT2D eigenvalue weighted by Gasteiger charge is 2.34. The first-order valence-electron chi connectivity index (χ1n) is 16.4. The van der Waals surface area contributed by atoms with Gasteiger partial charge in [0.1, 0.15) is 23.9 Å². The summed E-state index contributed by atoms with van der Waals surface area (Å²) >= 11 is 1.48. The number of nitrogens with one attached hydrogen (secondary N) is 5. The molecule has 0 fully saturated rings. The third-order valence-corrected chi connectivity index (χ3v) is 9.19. The standard InChI is InChI=1S/C35H48N6O8S/c1-5-19(2)29(34(47)39-28(16-21-10-12-23(43)13-11-21)33(46)41-30(20(3)42)35(48)49)40-32(45)27(14-15-50-4)38-31(44)25(36)17-22-18-37-26-9-7-6-8-24(22)26/h6-13,18-20,25,27-30,37,42-43H,5,14-17,36H2,1-4H3,(H,38,44)(H,39,47)(H,40,45)(H,41,46)(H,48,49)/t19-,20+,25-,27-,28-,29-,30-/m0/s1. The molecule has 0 bridgehead atoms. The molecule has 50 heavy (non-hydrogen) atoms. The number of hydrogen-bond donors (Lipinski definition) is 9. The molecule has 0 saturated heterocycles. The summed E-state index contributed by atoms with van der Waals surface area (Å²) in [4.78, 5) is 69.0. The summed E-state index contributed by atoms with van der Waals surface area (Å²) in [6, 6.07) is 7.46. The first-order chi connectivity index (χ1) is 23.7. The zero-order chi connectivity index (χ0) is 37.0. The molecule has 0 saturated carbocycles. The van der Waals surface area contributed by atoms with Crippen LogP contribution in [0.3, 0.4) is 0 Å². The highest BCUT2D eigenvalue weighted by atomic mass is 32.2. The lowest BCUT2D eigenvalue weighted by atomic mass is 9.96. The van der Waals surface area contributed by atoms with E-state index in [4.69, 9.17) is 5.73 Å². The molecule has 0 spiro atoms. The van der Waals surface area contributed by atoms with Crippen LogP contribution in [0.4, 0.5) is 0 Å². The number of benzene rings is 2. The number of carboxylic acid groups (broad SMARTS) is 1. The van der Waals surface area contributed by atoms with Crippen molar-refractivity contribution in [2.24, 2.45) is 11.7 Å². The van der Waals surface area contributed by atoms with E-state index in [0.717, 1.165) is 16.5 Å². The molecule has 0 radical (unpaired) electrons. The minimum Gasteiger partial charge on any atom is -0.508 e. The van der Waals surface area contributed by atoms with Crippen molar-refractivity contribution >= 4 is 52.3 Å². The normalized spacial score (nSPS) is 15.5. The van der Waals surface area contributed by atoms with Crippen molar-refractivity contribution in [2.75, 3.05) is 12.0 Å². The molecule has 0 aliphatic heterocycles. The Morgan fingerprint density at radius 1 is 0.840 bits per heavy atom. The summed E-state index contributed by atoms with van der Waals surface area (Å²) in [5.41, 5.74) is 8.60. The number of thioether (sulfide) groups is 1. The smallest absolute Gasteiger partial charge is 0.328 e. The topological polar surface area (TPSA) is 236 Å². The van der Waals surface area contributed by atoms with Gasteiger partial charge in [0.15, 0.2) is 6.04 Å². The van der Waals surface area contributed by atoms with Gasteiger partial charge in [0.2, 0.25) is 23.6 Å². The SMILES string of the molecule is CC[C@H](C)[C@H](NC(=O)[C@H](CCSC)NC(=O)[C@@H](N)Cc1c[nH]c2ccccc12)C(=O)N[C@@H](Cc1ccc(O)cc1)C(=O)N[C@H](C(=O)O)[C@@H](C)O. The second kappa shape index (κ2) is 19.0. The number of aliphatic carboxylic acids is 1. The number of aliphatic hydroxyl groups excluding tert-OH is 1. The number of carbonyl (C=O) groups excluding carboxylic acids is 4. The molecule has 4 amide bonds. The lowest BCUT2D eigenvalue weighted by Gasteiger charge is -2.29. The Morgan fingerprint density at radius 3 is 2.08 bits per heavy atom. The molecule has 14 nitrogen and oxygen atoms in total. The fraction of sp³-hybridized carbons (Fsp3) is 0.457. The van der Waals surface area contributed by atoms with E-state index in [1.807, 2.05) is 37.4 Å². The van der Waals surface area contributed by atoms with Gasteiger partial charge in [0.05, 0.1) is 12.1 Å². The van der Waals surface area contributed by atoms with E-state index in [9.17, 15) is 39.3 Å². The number of carbonyl (C=O) groups is 5. The number of aromatic hydroxyl groups is 1. The monoisotopic (exact) mass is 712 g/mol. The number of rotatable bonds is 19. The Morgan fingerprint density at radius 2 is 1.46 bits per heavy atom. The van der Waals surface area contributed by atoms with Crippen LogP contribution in [0.1, 0.15) is 44.7 Å². The van der Waals surface area contributed by atoms with Gasteiger partial charge in [-0.1, -0.05) is 50.6 Å². The second-order valence-corrected chi connectivity index (χ2v) is 13.4. The molecular formula is C35H48N6O8S. The van der Waals surface area contributed by atoms with Gasteiger partial charge in [-0.15, -0.1) is 0 Å². The summed E-state index contributed by atoms with van der Waals surface area (Å²) < 4.78 is 0. The van der Waals surface area contributed by atoms with Crippen molar-refractivity contribution in [3.8, 4) is 5.75 Å². The molecule has 272 valence electrons. The predicted molar refractivity (Wildman–Crippen MR) is 191 cm³/mol. The average Bonchev–Trinajstić information content (AvgIpc) is 3.49. The quantitative estimate of drug-likeness (QED) is 0.0861. The van der Waals surface area contributed by atoms with Gasteiger partial charge in [0.25, 0.3) is 0 Å². The Kier molecular flexibility index (Phi) is 15.1. The number of amides is 4. The number of H-pyrrole nitrogens is 1. The number of aliphatic hydroxyl groups is 1. The van der Waals surface area contributed by atoms with Crippen LogP contribution < -0.4 is 27.0 Å². The number of aromatic nitrogens is 1. The van der Waals surface area contributed by atoms with E-state index in [1.54, 1.807) is 25.3 Å². The highest BCUT2D eigenvalue weighted by molar-refractivity contribution is 7.98. The molecule has 10 N–H and O–H groups in total. The molecule has 1 heterocycles. The minimum atomic E-state index is -1.64. The molecule has 2 aromatic carbocycles. The van der Waals surface area contributed by atoms with Crippen molar-refractivity contribution in [1.29, 1.82) is 0 Å². The molecular weight excluding hydrogens is 664 g/mol. The van der Waals surface area contributed by atoms with E-state index in [-0.39, 0.29) is 25.0 Å². The predicted octanol–water partition coefficient (Wildman–Crippen LogP) is 1.19. The Bertz CT molecular complexity index is 1610. The molecule has 0 aliphatic carbocycles. The van der Waals surface area contributed by atoms with Gasteiger partial charge in [-0.05, 0) is 67.0 Å². The second-order valence-electron chi connectivity index (χ2n) is 12.4. The maximum absolute atomic E-state index is 13.8. The zero-order valence-corrected chi connectivity index (χ0v) is 29.5. The van der Waals surface area contributed by atoms with E-state index in [0.29, 0.717) is 17.7 Å². The van der Waals surface area contributed by atoms with Gasteiger partial charge in [-0.2, -0.15) is 11.8 Å². The van der Waals surface area contributed by atoms with E-state index in [1.165, 1.54) is 30.8 Å². The van der Waals surface area contributed by atoms with Gasteiger partial charge in [-0.3, -0.25) is 19.2 Å². The van der Waals surface area contributed by atoms with Crippen LogP contribution in [-0.2, 0) is 36.8 Å². The average molecular weight is 713 g/mol. The van der Waals surface area contributed by atoms with Crippen LogP contribution in [0.5, 0.6) is 5.75 Å². The number of carboxylic acids is 1.